The molecular formula is C21H23NO5S. The number of ketones is 1. The number of carbonyl (C=O) groups excluding carboxylic acids is 1. The predicted octanol–water partition coefficient (Wildman–Crippen LogP) is 3.38. The number of rotatable bonds is 7. The molecule has 0 saturated heterocycles. The van der Waals surface area contributed by atoms with Gasteiger partial charge in [-0.2, -0.15) is 4.31 Å². The van der Waals surface area contributed by atoms with Crippen LogP contribution in [0.1, 0.15) is 29.8 Å². The second-order valence-corrected chi connectivity index (χ2v) is 8.15. The first-order valence-corrected chi connectivity index (χ1v) is 10.6. The van der Waals surface area contributed by atoms with Gasteiger partial charge in [0.25, 0.3) is 0 Å². The van der Waals surface area contributed by atoms with Crippen molar-refractivity contribution in [3.63, 3.8) is 0 Å². The van der Waals surface area contributed by atoms with Crippen LogP contribution in [0.3, 0.4) is 0 Å². The van der Waals surface area contributed by atoms with E-state index in [1.165, 1.54) is 34.6 Å². The Kier molecular flexibility index (Phi) is 6.16. The third kappa shape index (κ3) is 4.26. The van der Waals surface area contributed by atoms with Crippen molar-refractivity contribution in [2.75, 3.05) is 26.3 Å². The van der Waals surface area contributed by atoms with Crippen LogP contribution in [0.4, 0.5) is 0 Å². The van der Waals surface area contributed by atoms with E-state index >= 15 is 0 Å². The molecule has 0 fully saturated rings. The molecule has 0 spiro atoms. The molecule has 0 radical (unpaired) electrons. The van der Waals surface area contributed by atoms with Gasteiger partial charge in [0.2, 0.25) is 10.0 Å². The zero-order valence-electron chi connectivity index (χ0n) is 15.9. The van der Waals surface area contributed by atoms with Crippen molar-refractivity contribution in [1.82, 2.24) is 4.31 Å². The van der Waals surface area contributed by atoms with Crippen molar-refractivity contribution in [2.45, 2.75) is 18.7 Å². The summed E-state index contributed by atoms with van der Waals surface area (Å²) in [6, 6.07) is 11.5. The molecule has 148 valence electrons. The van der Waals surface area contributed by atoms with E-state index < -0.39 is 10.0 Å². The van der Waals surface area contributed by atoms with E-state index in [0.717, 1.165) is 5.56 Å². The molecule has 6 nitrogen and oxygen atoms in total. The Morgan fingerprint density at radius 1 is 1.00 bits per heavy atom. The largest absolute Gasteiger partial charge is 0.486 e. The first kappa shape index (κ1) is 20.1. The summed E-state index contributed by atoms with van der Waals surface area (Å²) in [5.41, 5.74) is 1.24. The predicted molar refractivity (Wildman–Crippen MR) is 107 cm³/mol. The van der Waals surface area contributed by atoms with E-state index in [4.69, 9.17) is 9.47 Å². The lowest BCUT2D eigenvalue weighted by Gasteiger charge is -2.18. The summed E-state index contributed by atoms with van der Waals surface area (Å²) in [6.45, 7) is 5.42. The molecule has 0 aromatic heterocycles. The van der Waals surface area contributed by atoms with Crippen LogP contribution in [0, 0.1) is 0 Å². The number of carbonyl (C=O) groups is 1. The second-order valence-electron chi connectivity index (χ2n) is 6.21. The number of fused-ring (bicyclic) bond motifs is 1. The summed E-state index contributed by atoms with van der Waals surface area (Å²) < 4.78 is 37.4. The molecular weight excluding hydrogens is 378 g/mol. The summed E-state index contributed by atoms with van der Waals surface area (Å²) in [5, 5.41) is 0. The third-order valence-electron chi connectivity index (χ3n) is 4.48. The highest BCUT2D eigenvalue weighted by molar-refractivity contribution is 7.89. The first-order valence-electron chi connectivity index (χ1n) is 9.18. The molecule has 0 atom stereocenters. The molecule has 7 heteroatoms. The van der Waals surface area contributed by atoms with Gasteiger partial charge in [-0.3, -0.25) is 4.79 Å². The maximum absolute atomic E-state index is 12.5. The van der Waals surface area contributed by atoms with Crippen molar-refractivity contribution >= 4 is 21.9 Å². The standard InChI is InChI=1S/C21H23NO5S/c1-3-22(4-2)28(24,25)18-9-7-17(8-10-18)19(23)11-5-16-6-12-20-21(15-16)27-14-13-26-20/h5-12,15H,3-4,13-14H2,1-2H3/b11-5+. The van der Waals surface area contributed by atoms with Gasteiger partial charge < -0.3 is 9.47 Å². The van der Waals surface area contributed by atoms with E-state index in [2.05, 4.69) is 0 Å². The molecule has 28 heavy (non-hydrogen) atoms. The van der Waals surface area contributed by atoms with E-state index in [1.54, 1.807) is 19.9 Å². The quantitative estimate of drug-likeness (QED) is 0.525. The van der Waals surface area contributed by atoms with E-state index in [1.807, 2.05) is 18.2 Å². The van der Waals surface area contributed by atoms with Gasteiger partial charge in [0.15, 0.2) is 17.3 Å². The Balaban J connectivity index is 1.74. The fourth-order valence-electron chi connectivity index (χ4n) is 2.94. The smallest absolute Gasteiger partial charge is 0.243 e. The molecule has 3 rings (SSSR count). The van der Waals surface area contributed by atoms with Crippen LogP contribution < -0.4 is 9.47 Å². The molecule has 0 bridgehead atoms. The highest BCUT2D eigenvalue weighted by atomic mass is 32.2. The van der Waals surface area contributed by atoms with Gasteiger partial charge in [0.1, 0.15) is 13.2 Å². The maximum Gasteiger partial charge on any atom is 0.243 e. The molecule has 0 saturated carbocycles. The summed E-state index contributed by atoms with van der Waals surface area (Å²) >= 11 is 0. The number of allylic oxidation sites excluding steroid dienone is 1. The first-order chi connectivity index (χ1) is 13.5. The average Bonchev–Trinajstić information content (AvgIpc) is 2.72. The van der Waals surface area contributed by atoms with Gasteiger partial charge in [-0.25, -0.2) is 8.42 Å². The minimum Gasteiger partial charge on any atom is -0.486 e. The monoisotopic (exact) mass is 401 g/mol. The number of ether oxygens (including phenoxy) is 2. The Morgan fingerprint density at radius 2 is 1.64 bits per heavy atom. The van der Waals surface area contributed by atoms with Crippen molar-refractivity contribution < 1.29 is 22.7 Å². The zero-order valence-corrected chi connectivity index (χ0v) is 16.7. The minimum absolute atomic E-state index is 0.184. The highest BCUT2D eigenvalue weighted by Crippen LogP contribution is 2.31. The van der Waals surface area contributed by atoms with E-state index in [0.29, 0.717) is 43.4 Å². The number of sulfonamides is 1. The molecule has 0 aliphatic carbocycles. The van der Waals surface area contributed by atoms with Crippen molar-refractivity contribution in [3.8, 4) is 11.5 Å². The number of hydrogen-bond donors (Lipinski definition) is 0. The maximum atomic E-state index is 12.5. The summed E-state index contributed by atoms with van der Waals surface area (Å²) in [7, 11) is -3.53. The highest BCUT2D eigenvalue weighted by Gasteiger charge is 2.21. The molecule has 2 aromatic carbocycles. The van der Waals surface area contributed by atoms with Crippen molar-refractivity contribution in [1.29, 1.82) is 0 Å². The number of benzene rings is 2. The van der Waals surface area contributed by atoms with E-state index in [-0.39, 0.29) is 10.7 Å². The van der Waals surface area contributed by atoms with Crippen LogP contribution in [-0.4, -0.2) is 44.8 Å². The average molecular weight is 401 g/mol. The Morgan fingerprint density at radius 3 is 2.29 bits per heavy atom. The van der Waals surface area contributed by atoms with Crippen LogP contribution >= 0.6 is 0 Å². The fraction of sp³-hybridized carbons (Fsp3) is 0.286. The molecule has 1 aliphatic rings. The molecule has 0 amide bonds. The fourth-order valence-corrected chi connectivity index (χ4v) is 4.39. The molecule has 1 heterocycles. The Hall–Kier alpha value is -2.64. The number of nitrogens with zero attached hydrogens (tertiary/aromatic N) is 1. The number of hydrogen-bond acceptors (Lipinski definition) is 5. The van der Waals surface area contributed by atoms with Crippen molar-refractivity contribution in [2.24, 2.45) is 0 Å². The lowest BCUT2D eigenvalue weighted by atomic mass is 10.1. The Bertz CT molecular complexity index is 976. The van der Waals surface area contributed by atoms with Gasteiger partial charge in [-0.1, -0.05) is 26.0 Å². The van der Waals surface area contributed by atoms with Gasteiger partial charge in [-0.15, -0.1) is 0 Å². The van der Waals surface area contributed by atoms with Crippen molar-refractivity contribution in [3.05, 3.63) is 59.7 Å². The lowest BCUT2D eigenvalue weighted by molar-refractivity contribution is 0.104. The van der Waals surface area contributed by atoms with Crippen LogP contribution in [0.15, 0.2) is 53.4 Å². The topological polar surface area (TPSA) is 72.9 Å². The van der Waals surface area contributed by atoms with Crippen LogP contribution in [0.25, 0.3) is 6.08 Å². The van der Waals surface area contributed by atoms with Gasteiger partial charge in [-0.05, 0) is 48.0 Å². The summed E-state index contributed by atoms with van der Waals surface area (Å²) in [5.74, 6) is 1.15. The normalized spacial score (nSPS) is 13.8. The SMILES string of the molecule is CCN(CC)S(=O)(=O)c1ccc(C(=O)/C=C/c2ccc3c(c2)OCCO3)cc1. The molecule has 0 N–H and O–H groups in total. The van der Waals surface area contributed by atoms with E-state index in [9.17, 15) is 13.2 Å². The van der Waals surface area contributed by atoms with Crippen LogP contribution in [-0.2, 0) is 10.0 Å². The zero-order chi connectivity index (χ0) is 20.1. The molecule has 1 aliphatic heterocycles. The summed E-state index contributed by atoms with van der Waals surface area (Å²) in [4.78, 5) is 12.6. The van der Waals surface area contributed by atoms with Gasteiger partial charge in [0.05, 0.1) is 4.90 Å². The summed E-state index contributed by atoms with van der Waals surface area (Å²) in [6.07, 6.45) is 3.15. The molecule has 2 aromatic rings. The Labute approximate surface area is 165 Å². The van der Waals surface area contributed by atoms with Crippen LogP contribution in [0.5, 0.6) is 11.5 Å². The third-order valence-corrected chi connectivity index (χ3v) is 6.54. The van der Waals surface area contributed by atoms with Crippen LogP contribution in [0.2, 0.25) is 0 Å². The van der Waals surface area contributed by atoms with Gasteiger partial charge >= 0.3 is 0 Å². The van der Waals surface area contributed by atoms with Gasteiger partial charge in [0, 0.05) is 18.7 Å². The second kappa shape index (κ2) is 8.58. The lowest BCUT2D eigenvalue weighted by Crippen LogP contribution is -2.30. The molecule has 0 unspecified atom stereocenters. The minimum atomic E-state index is -3.53.